The molecule has 1 saturated heterocycles. The molecule has 1 N–H and O–H groups in total. The predicted octanol–water partition coefficient (Wildman–Crippen LogP) is 1.44. The van der Waals surface area contributed by atoms with Crippen molar-refractivity contribution in [2.45, 2.75) is 6.42 Å². The molecule has 2 amide bonds. The fraction of sp³-hybridized carbons (Fsp3) is 0.333. The number of carbonyl (C=O) groups excluding carboxylic acids is 2. The molecule has 0 saturated carbocycles. The van der Waals surface area contributed by atoms with E-state index in [1.54, 1.807) is 4.90 Å². The van der Waals surface area contributed by atoms with Gasteiger partial charge in [0.2, 0.25) is 5.91 Å². The molecule has 0 aliphatic carbocycles. The average Bonchev–Trinajstić information content (AvgIpc) is 2.57. The third-order valence-corrected chi connectivity index (χ3v) is 3.06. The van der Waals surface area contributed by atoms with Gasteiger partial charge in [-0.15, -0.1) is 0 Å². The van der Waals surface area contributed by atoms with Gasteiger partial charge in [-0.1, -0.05) is 11.6 Å². The van der Waals surface area contributed by atoms with E-state index in [9.17, 15) is 14.0 Å². The van der Waals surface area contributed by atoms with Crippen molar-refractivity contribution in [2.24, 2.45) is 0 Å². The number of benzene rings is 1. The molecule has 0 spiro atoms. The normalized spacial score (nSPS) is 16.1. The Bertz CT molecular complexity index is 493. The van der Waals surface area contributed by atoms with Crippen molar-refractivity contribution in [1.29, 1.82) is 0 Å². The third kappa shape index (κ3) is 2.79. The average molecular weight is 271 g/mol. The Kier molecular flexibility index (Phi) is 3.81. The molecule has 1 aliphatic heterocycles. The van der Waals surface area contributed by atoms with Gasteiger partial charge in [-0.3, -0.25) is 9.59 Å². The number of halogens is 2. The Morgan fingerprint density at radius 3 is 2.89 bits per heavy atom. The summed E-state index contributed by atoms with van der Waals surface area (Å²) in [5.74, 6) is -0.864. The molecule has 6 heteroatoms. The molecule has 0 bridgehead atoms. The number of nitrogens with one attached hydrogen (secondary N) is 1. The lowest BCUT2D eigenvalue weighted by molar-refractivity contribution is -0.120. The maximum absolute atomic E-state index is 13.0. The Labute approximate surface area is 109 Å². The molecule has 2 rings (SSSR count). The van der Waals surface area contributed by atoms with Crippen LogP contribution < -0.4 is 5.32 Å². The SMILES string of the molecule is O=C1CCN(C(=O)c2ccc(F)c(Cl)c2)CCN1. The zero-order valence-corrected chi connectivity index (χ0v) is 10.3. The summed E-state index contributed by atoms with van der Waals surface area (Å²) >= 11 is 5.64. The molecule has 0 unspecified atom stereocenters. The lowest BCUT2D eigenvalue weighted by atomic mass is 10.2. The van der Waals surface area contributed by atoms with E-state index in [4.69, 9.17) is 11.6 Å². The van der Waals surface area contributed by atoms with Crippen LogP contribution in [0.25, 0.3) is 0 Å². The Morgan fingerprint density at radius 1 is 1.39 bits per heavy atom. The van der Waals surface area contributed by atoms with Crippen molar-refractivity contribution < 1.29 is 14.0 Å². The van der Waals surface area contributed by atoms with Crippen molar-refractivity contribution in [3.63, 3.8) is 0 Å². The summed E-state index contributed by atoms with van der Waals surface area (Å²) in [4.78, 5) is 24.9. The van der Waals surface area contributed by atoms with E-state index in [0.717, 1.165) is 6.07 Å². The summed E-state index contributed by atoms with van der Waals surface area (Å²) in [7, 11) is 0. The largest absolute Gasteiger partial charge is 0.354 e. The fourth-order valence-corrected chi connectivity index (χ4v) is 1.96. The second kappa shape index (κ2) is 5.35. The van der Waals surface area contributed by atoms with Crippen LogP contribution in [0.1, 0.15) is 16.8 Å². The predicted molar refractivity (Wildman–Crippen MR) is 64.9 cm³/mol. The molecule has 1 fully saturated rings. The van der Waals surface area contributed by atoms with Crippen LogP contribution in [0.5, 0.6) is 0 Å². The number of carbonyl (C=O) groups is 2. The second-order valence-corrected chi connectivity index (χ2v) is 4.43. The molecule has 4 nitrogen and oxygen atoms in total. The van der Waals surface area contributed by atoms with E-state index in [1.165, 1.54) is 12.1 Å². The van der Waals surface area contributed by atoms with Crippen molar-refractivity contribution in [2.75, 3.05) is 19.6 Å². The summed E-state index contributed by atoms with van der Waals surface area (Å²) in [5, 5.41) is 2.60. The highest BCUT2D eigenvalue weighted by Crippen LogP contribution is 2.17. The van der Waals surface area contributed by atoms with E-state index < -0.39 is 5.82 Å². The van der Waals surface area contributed by atoms with Crippen LogP contribution >= 0.6 is 11.6 Å². The minimum Gasteiger partial charge on any atom is -0.354 e. The van der Waals surface area contributed by atoms with Crippen LogP contribution in [0, 0.1) is 5.82 Å². The van der Waals surface area contributed by atoms with Gasteiger partial charge in [0, 0.05) is 31.6 Å². The molecule has 0 aromatic heterocycles. The topological polar surface area (TPSA) is 49.4 Å². The van der Waals surface area contributed by atoms with E-state index in [-0.39, 0.29) is 23.3 Å². The van der Waals surface area contributed by atoms with Crippen molar-refractivity contribution in [1.82, 2.24) is 10.2 Å². The second-order valence-electron chi connectivity index (χ2n) is 4.02. The Balaban J connectivity index is 2.14. The van der Waals surface area contributed by atoms with Gasteiger partial charge in [0.05, 0.1) is 5.02 Å². The monoisotopic (exact) mass is 270 g/mol. The number of hydrogen-bond donors (Lipinski definition) is 1. The zero-order chi connectivity index (χ0) is 13.1. The van der Waals surface area contributed by atoms with Gasteiger partial charge in [-0.25, -0.2) is 4.39 Å². The van der Waals surface area contributed by atoms with Crippen LogP contribution in [-0.4, -0.2) is 36.3 Å². The molecular weight excluding hydrogens is 259 g/mol. The molecule has 0 radical (unpaired) electrons. The first-order valence-electron chi connectivity index (χ1n) is 5.59. The molecule has 1 aromatic carbocycles. The van der Waals surface area contributed by atoms with Crippen LogP contribution in [-0.2, 0) is 4.79 Å². The maximum atomic E-state index is 13.0. The minimum atomic E-state index is -0.555. The molecular formula is C12H12ClFN2O2. The van der Waals surface area contributed by atoms with Crippen LogP contribution in [0.4, 0.5) is 4.39 Å². The first kappa shape index (κ1) is 12.8. The zero-order valence-electron chi connectivity index (χ0n) is 9.58. The van der Waals surface area contributed by atoms with Gasteiger partial charge in [0.1, 0.15) is 5.82 Å². The standard InChI is InChI=1S/C12H12ClFN2O2/c13-9-7-8(1-2-10(9)14)12(18)16-5-3-11(17)15-4-6-16/h1-2,7H,3-6H2,(H,15,17). The smallest absolute Gasteiger partial charge is 0.253 e. The number of amides is 2. The van der Waals surface area contributed by atoms with Crippen molar-refractivity contribution >= 4 is 23.4 Å². The van der Waals surface area contributed by atoms with Crippen molar-refractivity contribution in [3.05, 3.63) is 34.6 Å². The summed E-state index contributed by atoms with van der Waals surface area (Å²) in [6.45, 7) is 1.23. The van der Waals surface area contributed by atoms with Gasteiger partial charge in [0.25, 0.3) is 5.91 Å². The van der Waals surface area contributed by atoms with E-state index >= 15 is 0 Å². The molecule has 18 heavy (non-hydrogen) atoms. The highest BCUT2D eigenvalue weighted by molar-refractivity contribution is 6.31. The molecule has 96 valence electrons. The number of rotatable bonds is 1. The number of hydrogen-bond acceptors (Lipinski definition) is 2. The first-order valence-corrected chi connectivity index (χ1v) is 5.97. The van der Waals surface area contributed by atoms with Gasteiger partial charge in [-0.2, -0.15) is 0 Å². The molecule has 1 aliphatic rings. The quantitative estimate of drug-likeness (QED) is 0.840. The lowest BCUT2D eigenvalue weighted by Gasteiger charge is -2.19. The maximum Gasteiger partial charge on any atom is 0.253 e. The van der Waals surface area contributed by atoms with Crippen LogP contribution in [0.2, 0.25) is 5.02 Å². The van der Waals surface area contributed by atoms with Gasteiger partial charge in [0.15, 0.2) is 0 Å². The van der Waals surface area contributed by atoms with Gasteiger partial charge < -0.3 is 10.2 Å². The van der Waals surface area contributed by atoms with Crippen LogP contribution in [0.3, 0.4) is 0 Å². The molecule has 1 aromatic rings. The van der Waals surface area contributed by atoms with E-state index in [2.05, 4.69) is 5.32 Å². The first-order chi connectivity index (χ1) is 8.58. The molecule has 1 heterocycles. The summed E-state index contributed by atoms with van der Waals surface area (Å²) in [5.41, 5.74) is 0.329. The Hall–Kier alpha value is -1.62. The van der Waals surface area contributed by atoms with Gasteiger partial charge >= 0.3 is 0 Å². The van der Waals surface area contributed by atoms with Gasteiger partial charge in [-0.05, 0) is 18.2 Å². The number of nitrogens with zero attached hydrogens (tertiary/aromatic N) is 1. The highest BCUT2D eigenvalue weighted by atomic mass is 35.5. The molecule has 0 atom stereocenters. The summed E-state index contributed by atoms with van der Waals surface area (Å²) in [6.07, 6.45) is 0.278. The van der Waals surface area contributed by atoms with E-state index in [1.807, 2.05) is 0 Å². The lowest BCUT2D eigenvalue weighted by Crippen LogP contribution is -2.34. The fourth-order valence-electron chi connectivity index (χ4n) is 1.78. The highest BCUT2D eigenvalue weighted by Gasteiger charge is 2.20. The third-order valence-electron chi connectivity index (χ3n) is 2.77. The van der Waals surface area contributed by atoms with Crippen LogP contribution in [0.15, 0.2) is 18.2 Å². The van der Waals surface area contributed by atoms with E-state index in [0.29, 0.717) is 25.2 Å². The summed E-state index contributed by atoms with van der Waals surface area (Å²) < 4.78 is 13.0. The summed E-state index contributed by atoms with van der Waals surface area (Å²) in [6, 6.07) is 3.86. The van der Waals surface area contributed by atoms with Crippen molar-refractivity contribution in [3.8, 4) is 0 Å². The minimum absolute atomic E-state index is 0.0672. The Morgan fingerprint density at radius 2 is 2.17 bits per heavy atom.